The van der Waals surface area contributed by atoms with E-state index in [4.69, 9.17) is 5.73 Å². The number of anilines is 3. The summed E-state index contributed by atoms with van der Waals surface area (Å²) >= 11 is 0. The number of aromatic nitrogens is 2. The Balaban J connectivity index is 1.75. The van der Waals surface area contributed by atoms with Gasteiger partial charge in [0.05, 0.1) is 11.4 Å². The lowest BCUT2D eigenvalue weighted by molar-refractivity contribution is 0.640. The molecule has 21 heavy (non-hydrogen) atoms. The minimum absolute atomic E-state index is 0.0508. The third-order valence-corrected chi connectivity index (χ3v) is 3.86. The Hall–Kier alpha value is -2.50. The van der Waals surface area contributed by atoms with Gasteiger partial charge in [-0.2, -0.15) is 0 Å². The van der Waals surface area contributed by atoms with E-state index in [1.54, 1.807) is 24.0 Å². The molecule has 1 aliphatic heterocycles. The zero-order valence-corrected chi connectivity index (χ0v) is 12.1. The van der Waals surface area contributed by atoms with Crippen molar-refractivity contribution in [2.75, 3.05) is 41.7 Å². The standard InChI is InChI=1S/C15H19N5O/c1-18-7-6-17-14(15(18)21)20-10-8-19(9-11-20)13-5-3-2-4-12(13)16/h2-7H,8-11,16H2,1H3. The Morgan fingerprint density at radius 1 is 1.10 bits per heavy atom. The Morgan fingerprint density at radius 2 is 1.76 bits per heavy atom. The normalized spacial score (nSPS) is 15.3. The first-order valence-corrected chi connectivity index (χ1v) is 7.03. The number of piperazine rings is 1. The molecule has 0 aliphatic carbocycles. The average Bonchev–Trinajstić information content (AvgIpc) is 2.51. The second-order valence-electron chi connectivity index (χ2n) is 5.20. The molecule has 0 spiro atoms. The maximum atomic E-state index is 12.1. The fourth-order valence-electron chi connectivity index (χ4n) is 2.64. The lowest BCUT2D eigenvalue weighted by atomic mass is 10.2. The predicted octanol–water partition coefficient (Wildman–Crippen LogP) is 0.689. The van der Waals surface area contributed by atoms with Crippen molar-refractivity contribution in [2.24, 2.45) is 7.05 Å². The van der Waals surface area contributed by atoms with E-state index >= 15 is 0 Å². The first-order chi connectivity index (χ1) is 10.2. The third-order valence-electron chi connectivity index (χ3n) is 3.86. The van der Waals surface area contributed by atoms with Crippen molar-refractivity contribution in [2.45, 2.75) is 0 Å². The maximum absolute atomic E-state index is 12.1. The Kier molecular flexibility index (Phi) is 3.51. The highest BCUT2D eigenvalue weighted by atomic mass is 16.1. The molecular formula is C15H19N5O. The third kappa shape index (κ3) is 2.56. The van der Waals surface area contributed by atoms with Crippen molar-refractivity contribution in [1.29, 1.82) is 0 Å². The molecule has 0 bridgehead atoms. The fourth-order valence-corrected chi connectivity index (χ4v) is 2.64. The lowest BCUT2D eigenvalue weighted by Gasteiger charge is -2.36. The number of aryl methyl sites for hydroxylation is 1. The molecule has 6 nitrogen and oxygen atoms in total. The minimum atomic E-state index is -0.0508. The Bertz CT molecular complexity index is 688. The van der Waals surface area contributed by atoms with Crippen LogP contribution in [0.3, 0.4) is 0 Å². The molecule has 6 heteroatoms. The van der Waals surface area contributed by atoms with Crippen LogP contribution in [0.15, 0.2) is 41.5 Å². The van der Waals surface area contributed by atoms with E-state index in [1.165, 1.54) is 0 Å². The van der Waals surface area contributed by atoms with Crippen LogP contribution in [0.25, 0.3) is 0 Å². The molecule has 2 heterocycles. The van der Waals surface area contributed by atoms with Crippen LogP contribution in [0.2, 0.25) is 0 Å². The van der Waals surface area contributed by atoms with Gasteiger partial charge in [-0.15, -0.1) is 0 Å². The van der Waals surface area contributed by atoms with Crippen molar-refractivity contribution in [3.63, 3.8) is 0 Å². The summed E-state index contributed by atoms with van der Waals surface area (Å²) in [4.78, 5) is 20.6. The number of nitrogens with two attached hydrogens (primary N) is 1. The van der Waals surface area contributed by atoms with Gasteiger partial charge < -0.3 is 20.1 Å². The van der Waals surface area contributed by atoms with Crippen molar-refractivity contribution in [3.8, 4) is 0 Å². The zero-order chi connectivity index (χ0) is 14.8. The van der Waals surface area contributed by atoms with Crippen molar-refractivity contribution < 1.29 is 0 Å². The molecule has 1 aromatic carbocycles. The van der Waals surface area contributed by atoms with Crippen LogP contribution in [-0.4, -0.2) is 35.7 Å². The van der Waals surface area contributed by atoms with E-state index in [0.717, 1.165) is 37.6 Å². The number of para-hydroxylation sites is 2. The van der Waals surface area contributed by atoms with Crippen LogP contribution in [-0.2, 0) is 7.05 Å². The molecule has 0 amide bonds. The number of rotatable bonds is 2. The summed E-state index contributed by atoms with van der Waals surface area (Å²) in [6.07, 6.45) is 3.34. The first-order valence-electron chi connectivity index (χ1n) is 7.03. The Labute approximate surface area is 123 Å². The average molecular weight is 285 g/mol. The molecule has 1 fully saturated rings. The molecule has 2 aromatic rings. The summed E-state index contributed by atoms with van der Waals surface area (Å²) in [5, 5.41) is 0. The van der Waals surface area contributed by atoms with Gasteiger partial charge in [-0.1, -0.05) is 12.1 Å². The van der Waals surface area contributed by atoms with Crippen molar-refractivity contribution in [3.05, 3.63) is 47.0 Å². The topological polar surface area (TPSA) is 67.4 Å². The van der Waals surface area contributed by atoms with E-state index < -0.39 is 0 Å². The van der Waals surface area contributed by atoms with Gasteiger partial charge in [-0.25, -0.2) is 4.98 Å². The summed E-state index contributed by atoms with van der Waals surface area (Å²) < 4.78 is 1.56. The Morgan fingerprint density at radius 3 is 2.48 bits per heavy atom. The van der Waals surface area contributed by atoms with Crippen molar-refractivity contribution >= 4 is 17.2 Å². The van der Waals surface area contributed by atoms with E-state index in [2.05, 4.69) is 9.88 Å². The smallest absolute Gasteiger partial charge is 0.293 e. The molecule has 0 atom stereocenters. The van der Waals surface area contributed by atoms with Gasteiger partial charge in [0, 0.05) is 45.6 Å². The number of hydrogen-bond acceptors (Lipinski definition) is 5. The van der Waals surface area contributed by atoms with Gasteiger partial charge in [0.1, 0.15) is 0 Å². The number of nitrogens with zero attached hydrogens (tertiary/aromatic N) is 4. The lowest BCUT2D eigenvalue weighted by Crippen LogP contribution is -2.48. The highest BCUT2D eigenvalue weighted by Gasteiger charge is 2.21. The van der Waals surface area contributed by atoms with Gasteiger partial charge >= 0.3 is 0 Å². The predicted molar refractivity (Wildman–Crippen MR) is 84.8 cm³/mol. The van der Waals surface area contributed by atoms with E-state index in [1.807, 2.05) is 29.2 Å². The van der Waals surface area contributed by atoms with Crippen molar-refractivity contribution in [1.82, 2.24) is 9.55 Å². The quantitative estimate of drug-likeness (QED) is 0.822. The molecule has 1 aliphatic rings. The number of nitrogen functional groups attached to an aromatic ring is 1. The van der Waals surface area contributed by atoms with Crippen LogP contribution >= 0.6 is 0 Å². The van der Waals surface area contributed by atoms with Crippen LogP contribution in [0, 0.1) is 0 Å². The van der Waals surface area contributed by atoms with Gasteiger partial charge in [0.25, 0.3) is 5.56 Å². The molecule has 2 N–H and O–H groups in total. The monoisotopic (exact) mass is 285 g/mol. The number of benzene rings is 1. The summed E-state index contributed by atoms with van der Waals surface area (Å²) in [5.74, 6) is 0.528. The summed E-state index contributed by atoms with van der Waals surface area (Å²) in [6, 6.07) is 7.88. The maximum Gasteiger partial charge on any atom is 0.293 e. The summed E-state index contributed by atoms with van der Waals surface area (Å²) in [5.41, 5.74) is 7.82. The van der Waals surface area contributed by atoms with Gasteiger partial charge in [0.2, 0.25) is 0 Å². The minimum Gasteiger partial charge on any atom is -0.397 e. The molecule has 1 saturated heterocycles. The van der Waals surface area contributed by atoms with Crippen LogP contribution in [0.1, 0.15) is 0 Å². The molecule has 1 aromatic heterocycles. The largest absolute Gasteiger partial charge is 0.397 e. The van der Waals surface area contributed by atoms with Crippen LogP contribution in [0.5, 0.6) is 0 Å². The molecular weight excluding hydrogens is 266 g/mol. The molecule has 0 saturated carbocycles. The van der Waals surface area contributed by atoms with Crippen LogP contribution < -0.4 is 21.1 Å². The van der Waals surface area contributed by atoms with Crippen LogP contribution in [0.4, 0.5) is 17.2 Å². The fraction of sp³-hybridized carbons (Fsp3) is 0.333. The highest BCUT2D eigenvalue weighted by Crippen LogP contribution is 2.24. The molecule has 3 rings (SSSR count). The van der Waals surface area contributed by atoms with E-state index in [-0.39, 0.29) is 5.56 Å². The van der Waals surface area contributed by atoms with E-state index in [9.17, 15) is 4.79 Å². The summed E-state index contributed by atoms with van der Waals surface area (Å²) in [7, 11) is 1.74. The second-order valence-corrected chi connectivity index (χ2v) is 5.20. The first kappa shape index (κ1) is 13.5. The van der Waals surface area contributed by atoms with Gasteiger partial charge in [-0.3, -0.25) is 4.79 Å². The molecule has 0 radical (unpaired) electrons. The zero-order valence-electron chi connectivity index (χ0n) is 12.1. The highest BCUT2D eigenvalue weighted by molar-refractivity contribution is 5.67. The number of hydrogen-bond donors (Lipinski definition) is 1. The van der Waals surface area contributed by atoms with Gasteiger partial charge in [0.15, 0.2) is 5.82 Å². The molecule has 110 valence electrons. The van der Waals surface area contributed by atoms with E-state index in [0.29, 0.717) is 5.82 Å². The van der Waals surface area contributed by atoms with Gasteiger partial charge in [-0.05, 0) is 12.1 Å². The molecule has 0 unspecified atom stereocenters. The summed E-state index contributed by atoms with van der Waals surface area (Å²) in [6.45, 7) is 3.18. The SMILES string of the molecule is Cn1ccnc(N2CCN(c3ccccc3N)CC2)c1=O. The second kappa shape index (κ2) is 5.47.